The van der Waals surface area contributed by atoms with Crippen LogP contribution in [0.1, 0.15) is 31.2 Å². The Labute approximate surface area is 153 Å². The van der Waals surface area contributed by atoms with Crippen LogP contribution in [0.5, 0.6) is 0 Å². The van der Waals surface area contributed by atoms with E-state index in [0.717, 1.165) is 31.3 Å². The van der Waals surface area contributed by atoms with E-state index in [1.807, 2.05) is 0 Å². The normalized spacial score (nSPS) is 11.6. The highest BCUT2D eigenvalue weighted by Crippen LogP contribution is 2.27. The predicted molar refractivity (Wildman–Crippen MR) is 97.6 cm³/mol. The number of hydrogen-bond acceptors (Lipinski definition) is 7. The van der Waals surface area contributed by atoms with Crippen molar-refractivity contribution in [2.45, 2.75) is 25.7 Å². The van der Waals surface area contributed by atoms with Gasteiger partial charge in [-0.1, -0.05) is 25.5 Å². The molecule has 10 heteroatoms. The summed E-state index contributed by atoms with van der Waals surface area (Å²) in [5.74, 6) is -3.59. The monoisotopic (exact) mass is 378 g/mol. The second-order valence-corrected chi connectivity index (χ2v) is 6.44. The average molecular weight is 378 g/mol. The fourth-order valence-electron chi connectivity index (χ4n) is 2.23. The summed E-state index contributed by atoms with van der Waals surface area (Å²) in [7, 11) is 0. The van der Waals surface area contributed by atoms with Gasteiger partial charge in [-0.25, -0.2) is 4.98 Å². The van der Waals surface area contributed by atoms with Crippen molar-refractivity contribution in [3.05, 3.63) is 46.1 Å². The molecule has 0 saturated carbocycles. The summed E-state index contributed by atoms with van der Waals surface area (Å²) in [5, 5.41) is 25.4. The number of carboxylic acids is 1. The summed E-state index contributed by atoms with van der Waals surface area (Å²) in [4.78, 5) is 37.8. The Bertz CT molecular complexity index is 807. The molecule has 1 heterocycles. The zero-order valence-electron chi connectivity index (χ0n) is 14.0. The lowest BCUT2D eigenvalue weighted by molar-refractivity contribution is -0.380. The van der Waals surface area contributed by atoms with Crippen molar-refractivity contribution in [1.29, 1.82) is 0 Å². The summed E-state index contributed by atoms with van der Waals surface area (Å²) < 4.78 is 0. The topological polar surface area (TPSA) is 134 Å². The molecule has 1 aromatic carbocycles. The summed E-state index contributed by atoms with van der Waals surface area (Å²) in [6.45, 7) is 2.80. The highest BCUT2D eigenvalue weighted by atomic mass is 32.1. The van der Waals surface area contributed by atoms with Crippen LogP contribution in [0, 0.1) is 10.1 Å². The number of carbonyl (C=O) groups excluding carboxylic acids is 1. The van der Waals surface area contributed by atoms with Gasteiger partial charge in [0, 0.05) is 12.2 Å². The minimum absolute atomic E-state index is 0.0230. The average Bonchev–Trinajstić information content (AvgIpc) is 3.04. The molecule has 0 aliphatic rings. The lowest BCUT2D eigenvalue weighted by atomic mass is 9.98. The molecule has 0 aliphatic carbocycles. The second kappa shape index (κ2) is 8.90. The van der Waals surface area contributed by atoms with Gasteiger partial charge >= 0.3 is 11.0 Å². The van der Waals surface area contributed by atoms with Gasteiger partial charge in [0.15, 0.2) is 11.0 Å². The van der Waals surface area contributed by atoms with E-state index in [0.29, 0.717) is 16.9 Å². The fraction of sp³-hybridized carbons (Fsp3) is 0.312. The molecule has 26 heavy (non-hydrogen) atoms. The maximum absolute atomic E-state index is 12.4. The maximum Gasteiger partial charge on any atom is 0.345 e. The summed E-state index contributed by atoms with van der Waals surface area (Å²) in [6, 6.07) is 6.62. The van der Waals surface area contributed by atoms with E-state index in [9.17, 15) is 24.8 Å². The molecule has 1 aromatic heterocycles. The number of amides is 1. The minimum atomic E-state index is -1.45. The molecule has 0 aliphatic heterocycles. The number of nitrogens with zero attached hydrogens (tertiary/aromatic N) is 2. The zero-order chi connectivity index (χ0) is 19.1. The highest BCUT2D eigenvalue weighted by molar-refractivity contribution is 7.18. The zero-order valence-corrected chi connectivity index (χ0v) is 14.8. The first kappa shape index (κ1) is 19.3. The molecule has 1 atom stereocenters. The second-order valence-electron chi connectivity index (χ2n) is 5.43. The number of carbonyl (C=O) groups is 2. The Hall–Kier alpha value is -3.01. The van der Waals surface area contributed by atoms with E-state index in [-0.39, 0.29) is 10.1 Å². The molecule has 3 N–H and O–H groups in total. The van der Waals surface area contributed by atoms with Crippen molar-refractivity contribution < 1.29 is 19.6 Å². The molecule has 1 unspecified atom stereocenters. The summed E-state index contributed by atoms with van der Waals surface area (Å²) in [5.41, 5.74) is 1.03. The van der Waals surface area contributed by atoms with Crippen molar-refractivity contribution in [1.82, 2.24) is 4.98 Å². The third kappa shape index (κ3) is 4.99. The smallest absolute Gasteiger partial charge is 0.345 e. The van der Waals surface area contributed by atoms with Gasteiger partial charge in [-0.15, -0.1) is 0 Å². The molecule has 0 fully saturated rings. The van der Waals surface area contributed by atoms with E-state index < -0.39 is 22.7 Å². The summed E-state index contributed by atoms with van der Waals surface area (Å²) >= 11 is 0.663. The van der Waals surface area contributed by atoms with Crippen molar-refractivity contribution in [2.24, 2.45) is 0 Å². The number of aromatic nitrogens is 1. The Kier molecular flexibility index (Phi) is 6.61. The third-order valence-electron chi connectivity index (χ3n) is 3.49. The van der Waals surface area contributed by atoms with Crippen LogP contribution in [-0.4, -0.2) is 33.4 Å². The van der Waals surface area contributed by atoms with Crippen LogP contribution in [0.15, 0.2) is 30.5 Å². The van der Waals surface area contributed by atoms with E-state index >= 15 is 0 Å². The fourth-order valence-corrected chi connectivity index (χ4v) is 2.86. The van der Waals surface area contributed by atoms with Gasteiger partial charge in [-0.2, -0.15) is 0 Å². The molecule has 138 valence electrons. The van der Waals surface area contributed by atoms with Gasteiger partial charge in [0.1, 0.15) is 6.20 Å². The van der Waals surface area contributed by atoms with Gasteiger partial charge in [-0.3, -0.25) is 19.7 Å². The van der Waals surface area contributed by atoms with E-state index in [2.05, 4.69) is 22.5 Å². The Morgan fingerprint density at radius 1 is 1.42 bits per heavy atom. The van der Waals surface area contributed by atoms with Crippen molar-refractivity contribution >= 4 is 39.0 Å². The number of aliphatic carboxylic acids is 1. The van der Waals surface area contributed by atoms with Gasteiger partial charge in [-0.05, 0) is 35.5 Å². The molecular formula is C16H18N4O5S. The molecule has 1 amide bonds. The van der Waals surface area contributed by atoms with Crippen molar-refractivity contribution in [3.8, 4) is 0 Å². The first-order valence-corrected chi connectivity index (χ1v) is 8.71. The minimum Gasteiger partial charge on any atom is -0.480 e. The van der Waals surface area contributed by atoms with Crippen molar-refractivity contribution in [3.63, 3.8) is 0 Å². The molecule has 0 bridgehead atoms. The van der Waals surface area contributed by atoms with Crippen LogP contribution in [0.3, 0.4) is 0 Å². The Balaban J connectivity index is 2.16. The first-order valence-electron chi connectivity index (χ1n) is 7.90. The quantitative estimate of drug-likeness (QED) is 0.264. The number of hydrogen-bond donors (Lipinski definition) is 3. The number of anilines is 2. The number of rotatable bonds is 9. The molecule has 0 spiro atoms. The summed E-state index contributed by atoms with van der Waals surface area (Å²) in [6.07, 6.45) is 3.00. The highest BCUT2D eigenvalue weighted by Gasteiger charge is 2.29. The molecule has 2 rings (SSSR count). The third-order valence-corrected chi connectivity index (χ3v) is 4.36. The van der Waals surface area contributed by atoms with E-state index in [1.165, 1.54) is 0 Å². The molecule has 0 saturated heterocycles. The van der Waals surface area contributed by atoms with Gasteiger partial charge in [0.2, 0.25) is 5.91 Å². The number of nitro groups is 1. The van der Waals surface area contributed by atoms with Gasteiger partial charge in [0.05, 0.1) is 4.92 Å². The molecule has 9 nitrogen and oxygen atoms in total. The van der Waals surface area contributed by atoms with Gasteiger partial charge < -0.3 is 15.7 Å². The Morgan fingerprint density at radius 3 is 2.81 bits per heavy atom. The Morgan fingerprint density at radius 2 is 2.19 bits per heavy atom. The standard InChI is InChI=1S/C16H18N4O5S/c1-2-3-7-17-11-6-4-5-10(8-11)13(15(22)23)14(21)19-16-18-9-12(26-16)20(24)25/h4-6,8-9,13,17H,2-3,7H2,1H3,(H,22,23)(H,18,19,21). The van der Waals surface area contributed by atoms with Crippen LogP contribution in [0.2, 0.25) is 0 Å². The van der Waals surface area contributed by atoms with Crippen LogP contribution >= 0.6 is 11.3 Å². The van der Waals surface area contributed by atoms with Crippen LogP contribution in [0.4, 0.5) is 15.8 Å². The largest absolute Gasteiger partial charge is 0.480 e. The predicted octanol–water partition coefficient (Wildman–Crippen LogP) is 3.07. The number of benzene rings is 1. The maximum atomic E-state index is 12.4. The number of unbranched alkanes of at least 4 members (excludes halogenated alkanes) is 1. The van der Waals surface area contributed by atoms with Crippen molar-refractivity contribution in [2.75, 3.05) is 17.2 Å². The number of carboxylic acid groups (broad SMARTS) is 1. The molecule has 2 aromatic rings. The van der Waals surface area contributed by atoms with Gasteiger partial charge in [0.25, 0.3) is 0 Å². The first-order chi connectivity index (χ1) is 12.4. The number of nitrogens with one attached hydrogen (secondary N) is 2. The molecular weight excluding hydrogens is 360 g/mol. The van der Waals surface area contributed by atoms with Crippen LogP contribution < -0.4 is 10.6 Å². The molecule has 0 radical (unpaired) electrons. The van der Waals surface area contributed by atoms with Crippen LogP contribution in [-0.2, 0) is 9.59 Å². The van der Waals surface area contributed by atoms with E-state index in [1.54, 1.807) is 24.3 Å². The number of thiazole rings is 1. The lowest BCUT2D eigenvalue weighted by Gasteiger charge is -2.14. The van der Waals surface area contributed by atoms with Crippen LogP contribution in [0.25, 0.3) is 0 Å². The SMILES string of the molecule is CCCCNc1cccc(C(C(=O)O)C(=O)Nc2ncc([N+](=O)[O-])s2)c1. The van der Waals surface area contributed by atoms with E-state index in [4.69, 9.17) is 0 Å². The lowest BCUT2D eigenvalue weighted by Crippen LogP contribution is -2.27.